The predicted octanol–water partition coefficient (Wildman–Crippen LogP) is 0.603. The molecule has 0 radical (unpaired) electrons. The number of hydrogen-bond acceptors (Lipinski definition) is 4. The maximum Gasteiger partial charge on any atom is 0.155 e. The summed E-state index contributed by atoms with van der Waals surface area (Å²) in [4.78, 5) is 7.75. The molecule has 1 rings (SSSR count). The second kappa shape index (κ2) is 4.23. The van der Waals surface area contributed by atoms with Gasteiger partial charge in [0.05, 0.1) is 11.4 Å². The molecule has 1 heterocycles. The molecule has 0 amide bonds. The van der Waals surface area contributed by atoms with Crippen molar-refractivity contribution in [2.24, 2.45) is 5.73 Å². The Morgan fingerprint density at radius 1 is 1.42 bits per heavy atom. The van der Waals surface area contributed by atoms with E-state index < -0.39 is 0 Å². The lowest BCUT2D eigenvalue weighted by molar-refractivity contribution is 0.808. The van der Waals surface area contributed by atoms with Crippen LogP contribution in [0.5, 0.6) is 0 Å². The summed E-state index contributed by atoms with van der Waals surface area (Å²) in [5.41, 5.74) is 12.2. The van der Waals surface area contributed by atoms with Gasteiger partial charge in [-0.1, -0.05) is 11.6 Å². The maximum absolute atomic E-state index is 5.69. The average molecular weight is 187 g/mol. The third kappa shape index (κ3) is 2.06. The van der Waals surface area contributed by atoms with Gasteiger partial charge >= 0.3 is 0 Å². The standard InChI is InChI=1S/C7H11ClN4/c8-7-6(10)5(2-1-3-9)11-4-12-7/h4H,1-3,9-10H2. The third-order valence-corrected chi connectivity index (χ3v) is 1.84. The van der Waals surface area contributed by atoms with E-state index in [1.807, 2.05) is 0 Å². The average Bonchev–Trinajstić information content (AvgIpc) is 2.08. The number of anilines is 1. The van der Waals surface area contributed by atoms with Crippen LogP contribution >= 0.6 is 11.6 Å². The Kier molecular flexibility index (Phi) is 3.25. The summed E-state index contributed by atoms with van der Waals surface area (Å²) in [5.74, 6) is 0. The fourth-order valence-corrected chi connectivity index (χ4v) is 1.03. The molecule has 0 spiro atoms. The second-order valence-corrected chi connectivity index (χ2v) is 2.78. The van der Waals surface area contributed by atoms with Gasteiger partial charge in [-0.25, -0.2) is 9.97 Å². The van der Waals surface area contributed by atoms with Gasteiger partial charge in [0.15, 0.2) is 5.15 Å². The van der Waals surface area contributed by atoms with E-state index in [1.165, 1.54) is 6.33 Å². The fraction of sp³-hybridized carbons (Fsp3) is 0.429. The van der Waals surface area contributed by atoms with Crippen LogP contribution in [0, 0.1) is 0 Å². The normalized spacial score (nSPS) is 10.2. The first-order valence-electron chi connectivity index (χ1n) is 3.70. The summed E-state index contributed by atoms with van der Waals surface area (Å²) >= 11 is 5.69. The van der Waals surface area contributed by atoms with Crippen molar-refractivity contribution >= 4 is 17.3 Å². The summed E-state index contributed by atoms with van der Waals surface area (Å²) < 4.78 is 0. The quantitative estimate of drug-likeness (QED) is 0.678. The number of hydrogen-bond donors (Lipinski definition) is 2. The Bertz CT molecular complexity index is 264. The zero-order valence-corrected chi connectivity index (χ0v) is 7.38. The van der Waals surface area contributed by atoms with Gasteiger partial charge in [0.2, 0.25) is 0 Å². The molecule has 0 unspecified atom stereocenters. The number of aromatic nitrogens is 2. The van der Waals surface area contributed by atoms with Crippen molar-refractivity contribution in [1.29, 1.82) is 0 Å². The van der Waals surface area contributed by atoms with Crippen LogP contribution in [-0.2, 0) is 6.42 Å². The Morgan fingerprint density at radius 3 is 2.83 bits per heavy atom. The summed E-state index contributed by atoms with van der Waals surface area (Å²) in [5, 5.41) is 0.317. The fourth-order valence-electron chi connectivity index (χ4n) is 0.876. The van der Waals surface area contributed by atoms with E-state index in [0.29, 0.717) is 17.4 Å². The smallest absolute Gasteiger partial charge is 0.155 e. The minimum atomic E-state index is 0.317. The first-order chi connectivity index (χ1) is 5.75. The number of halogens is 1. The highest BCUT2D eigenvalue weighted by molar-refractivity contribution is 6.31. The van der Waals surface area contributed by atoms with Crippen LogP contribution in [0.2, 0.25) is 5.15 Å². The molecule has 0 aliphatic rings. The Balaban J connectivity index is 2.78. The number of rotatable bonds is 3. The van der Waals surface area contributed by atoms with Crippen molar-refractivity contribution in [3.63, 3.8) is 0 Å². The molecular weight excluding hydrogens is 176 g/mol. The van der Waals surface area contributed by atoms with E-state index in [-0.39, 0.29) is 0 Å². The molecule has 0 aliphatic carbocycles. The lowest BCUT2D eigenvalue weighted by Crippen LogP contribution is -2.05. The van der Waals surface area contributed by atoms with E-state index in [2.05, 4.69) is 9.97 Å². The van der Waals surface area contributed by atoms with Gasteiger partial charge in [-0.15, -0.1) is 0 Å². The summed E-state index contributed by atoms with van der Waals surface area (Å²) in [7, 11) is 0. The van der Waals surface area contributed by atoms with E-state index in [9.17, 15) is 0 Å². The third-order valence-electron chi connectivity index (χ3n) is 1.54. The minimum Gasteiger partial charge on any atom is -0.395 e. The van der Waals surface area contributed by atoms with Crippen LogP contribution in [0.3, 0.4) is 0 Å². The molecule has 0 fully saturated rings. The van der Waals surface area contributed by atoms with Crippen LogP contribution in [-0.4, -0.2) is 16.5 Å². The molecule has 0 aromatic carbocycles. The molecule has 0 atom stereocenters. The molecule has 0 saturated heterocycles. The van der Waals surface area contributed by atoms with Crippen LogP contribution < -0.4 is 11.5 Å². The van der Waals surface area contributed by atoms with Gasteiger partial charge in [-0.2, -0.15) is 0 Å². The van der Waals surface area contributed by atoms with Crippen LogP contribution in [0.15, 0.2) is 6.33 Å². The van der Waals surface area contributed by atoms with Crippen molar-refractivity contribution < 1.29 is 0 Å². The molecule has 5 heteroatoms. The lowest BCUT2D eigenvalue weighted by atomic mass is 10.2. The van der Waals surface area contributed by atoms with Crippen molar-refractivity contribution in [1.82, 2.24) is 9.97 Å². The van der Waals surface area contributed by atoms with Gasteiger partial charge in [0.25, 0.3) is 0 Å². The molecule has 4 nitrogen and oxygen atoms in total. The van der Waals surface area contributed by atoms with Crippen LogP contribution in [0.4, 0.5) is 5.69 Å². The first kappa shape index (κ1) is 9.22. The molecule has 0 saturated carbocycles. The molecule has 66 valence electrons. The molecule has 1 aromatic rings. The highest BCUT2D eigenvalue weighted by atomic mass is 35.5. The van der Waals surface area contributed by atoms with Gasteiger partial charge in [-0.05, 0) is 19.4 Å². The highest BCUT2D eigenvalue weighted by Gasteiger charge is 2.04. The number of aryl methyl sites for hydroxylation is 1. The van der Waals surface area contributed by atoms with E-state index in [1.54, 1.807) is 0 Å². The van der Waals surface area contributed by atoms with Crippen LogP contribution in [0.1, 0.15) is 12.1 Å². The Morgan fingerprint density at radius 2 is 2.17 bits per heavy atom. The van der Waals surface area contributed by atoms with E-state index in [0.717, 1.165) is 18.5 Å². The van der Waals surface area contributed by atoms with E-state index in [4.69, 9.17) is 23.1 Å². The molecule has 1 aromatic heterocycles. The minimum absolute atomic E-state index is 0.317. The van der Waals surface area contributed by atoms with Crippen molar-refractivity contribution in [3.8, 4) is 0 Å². The molecule has 4 N–H and O–H groups in total. The van der Waals surface area contributed by atoms with Crippen molar-refractivity contribution in [2.45, 2.75) is 12.8 Å². The summed E-state index contributed by atoms with van der Waals surface area (Å²) in [6.07, 6.45) is 3.02. The predicted molar refractivity (Wildman–Crippen MR) is 48.8 cm³/mol. The monoisotopic (exact) mass is 186 g/mol. The highest BCUT2D eigenvalue weighted by Crippen LogP contribution is 2.18. The molecule has 0 bridgehead atoms. The largest absolute Gasteiger partial charge is 0.395 e. The first-order valence-corrected chi connectivity index (χ1v) is 4.08. The zero-order chi connectivity index (χ0) is 8.97. The van der Waals surface area contributed by atoms with Gasteiger partial charge < -0.3 is 11.5 Å². The van der Waals surface area contributed by atoms with Gasteiger partial charge in [0.1, 0.15) is 6.33 Å². The summed E-state index contributed by atoms with van der Waals surface area (Å²) in [6, 6.07) is 0. The van der Waals surface area contributed by atoms with E-state index >= 15 is 0 Å². The second-order valence-electron chi connectivity index (χ2n) is 2.42. The molecule has 12 heavy (non-hydrogen) atoms. The van der Waals surface area contributed by atoms with Crippen molar-refractivity contribution in [3.05, 3.63) is 17.2 Å². The SMILES string of the molecule is NCCCc1ncnc(Cl)c1N. The van der Waals surface area contributed by atoms with Gasteiger partial charge in [-0.3, -0.25) is 0 Å². The Hall–Kier alpha value is -0.870. The number of nitrogens with two attached hydrogens (primary N) is 2. The molecular formula is C7H11ClN4. The zero-order valence-electron chi connectivity index (χ0n) is 6.63. The Labute approximate surface area is 75.9 Å². The lowest BCUT2D eigenvalue weighted by Gasteiger charge is -2.03. The topological polar surface area (TPSA) is 77.8 Å². The van der Waals surface area contributed by atoms with Gasteiger partial charge in [0, 0.05) is 0 Å². The van der Waals surface area contributed by atoms with Crippen molar-refractivity contribution in [2.75, 3.05) is 12.3 Å². The maximum atomic E-state index is 5.69. The number of nitrogens with zero attached hydrogens (tertiary/aromatic N) is 2. The molecule has 0 aliphatic heterocycles. The number of nitrogen functional groups attached to an aromatic ring is 1. The van der Waals surface area contributed by atoms with Crippen LogP contribution in [0.25, 0.3) is 0 Å². The summed E-state index contributed by atoms with van der Waals surface area (Å²) in [6.45, 7) is 0.626.